The molecule has 0 saturated carbocycles. The zero-order chi connectivity index (χ0) is 20.4. The summed E-state index contributed by atoms with van der Waals surface area (Å²) in [7, 11) is 0. The number of rotatable bonds is 4. The van der Waals surface area contributed by atoms with Gasteiger partial charge in [-0.25, -0.2) is 4.98 Å². The zero-order valence-corrected chi connectivity index (χ0v) is 16.6. The molecule has 0 radical (unpaired) electrons. The van der Waals surface area contributed by atoms with E-state index in [0.29, 0.717) is 36.8 Å². The van der Waals surface area contributed by atoms with Crippen LogP contribution in [0.2, 0.25) is 0 Å². The number of hydrogen-bond acceptors (Lipinski definition) is 5. The average Bonchev–Trinajstić information content (AvgIpc) is 3.40. The van der Waals surface area contributed by atoms with Crippen molar-refractivity contribution in [2.75, 3.05) is 32.8 Å². The van der Waals surface area contributed by atoms with Gasteiger partial charge in [0.05, 0.1) is 11.3 Å². The highest BCUT2D eigenvalue weighted by Crippen LogP contribution is 2.32. The van der Waals surface area contributed by atoms with Gasteiger partial charge in [-0.1, -0.05) is 12.1 Å². The fourth-order valence-corrected chi connectivity index (χ4v) is 4.46. The van der Waals surface area contributed by atoms with Gasteiger partial charge in [-0.15, -0.1) is 11.3 Å². The number of benzene rings is 1. The number of piperazine rings is 1. The van der Waals surface area contributed by atoms with E-state index in [2.05, 4.69) is 9.88 Å². The summed E-state index contributed by atoms with van der Waals surface area (Å²) < 4.78 is 43.6. The molecule has 2 fully saturated rings. The zero-order valence-electron chi connectivity index (χ0n) is 15.8. The summed E-state index contributed by atoms with van der Waals surface area (Å²) >= 11 is 1.43. The Balaban J connectivity index is 1.31. The van der Waals surface area contributed by atoms with Crippen LogP contribution in [0.4, 0.5) is 13.2 Å². The van der Waals surface area contributed by atoms with Crippen molar-refractivity contribution in [1.29, 1.82) is 0 Å². The minimum atomic E-state index is -4.33. The van der Waals surface area contributed by atoms with Gasteiger partial charge in [0, 0.05) is 50.3 Å². The van der Waals surface area contributed by atoms with E-state index in [9.17, 15) is 18.0 Å². The maximum Gasteiger partial charge on any atom is 0.416 e. The normalized spacial score (nSPS) is 20.9. The van der Waals surface area contributed by atoms with Crippen molar-refractivity contribution in [3.63, 3.8) is 0 Å². The third-order valence-corrected chi connectivity index (χ3v) is 6.23. The molecule has 2 aliphatic heterocycles. The molecule has 1 aromatic heterocycles. The summed E-state index contributed by atoms with van der Waals surface area (Å²) in [5, 5.41) is 2.65. The predicted molar refractivity (Wildman–Crippen MR) is 103 cm³/mol. The average molecular weight is 425 g/mol. The Morgan fingerprint density at radius 3 is 2.52 bits per heavy atom. The fourth-order valence-electron chi connectivity index (χ4n) is 3.65. The lowest BCUT2D eigenvalue weighted by Gasteiger charge is -2.35. The van der Waals surface area contributed by atoms with Crippen molar-refractivity contribution in [1.82, 2.24) is 14.8 Å². The van der Waals surface area contributed by atoms with Crippen molar-refractivity contribution < 1.29 is 22.7 Å². The molecule has 1 amide bonds. The van der Waals surface area contributed by atoms with Crippen molar-refractivity contribution in [3.05, 3.63) is 40.9 Å². The molecule has 0 spiro atoms. The second-order valence-electron chi connectivity index (χ2n) is 7.32. The van der Waals surface area contributed by atoms with Crippen LogP contribution >= 0.6 is 11.3 Å². The van der Waals surface area contributed by atoms with Gasteiger partial charge in [-0.05, 0) is 25.0 Å². The first-order valence-electron chi connectivity index (χ1n) is 9.65. The topological polar surface area (TPSA) is 45.7 Å². The molecule has 1 unspecified atom stereocenters. The monoisotopic (exact) mass is 425 g/mol. The summed E-state index contributed by atoms with van der Waals surface area (Å²) in [5.74, 6) is 0.0976. The summed E-state index contributed by atoms with van der Waals surface area (Å²) in [6.45, 7) is 4.22. The fraction of sp³-hybridized carbons (Fsp3) is 0.500. The van der Waals surface area contributed by atoms with Crippen molar-refractivity contribution in [2.45, 2.75) is 31.7 Å². The van der Waals surface area contributed by atoms with Crippen LogP contribution in [0.3, 0.4) is 0 Å². The third kappa shape index (κ3) is 4.79. The SMILES string of the molecule is O=C(C1CCCO1)N1CCN(Cc2csc(-c3ccc(C(F)(F)F)cc3)n2)CC1. The lowest BCUT2D eigenvalue weighted by Crippen LogP contribution is -2.51. The van der Waals surface area contributed by atoms with Gasteiger partial charge < -0.3 is 9.64 Å². The highest BCUT2D eigenvalue weighted by Gasteiger charge is 2.31. The molecule has 4 rings (SSSR count). The van der Waals surface area contributed by atoms with Gasteiger partial charge in [-0.3, -0.25) is 9.69 Å². The summed E-state index contributed by atoms with van der Waals surface area (Å²) in [5.41, 5.74) is 0.915. The first-order chi connectivity index (χ1) is 13.9. The molecular weight excluding hydrogens is 403 g/mol. The second kappa shape index (κ2) is 8.41. The maximum absolute atomic E-state index is 12.7. The minimum absolute atomic E-state index is 0.0976. The largest absolute Gasteiger partial charge is 0.416 e. The number of halogens is 3. The van der Waals surface area contributed by atoms with Crippen LogP contribution in [0, 0.1) is 0 Å². The van der Waals surface area contributed by atoms with Gasteiger partial charge in [0.1, 0.15) is 11.1 Å². The third-order valence-electron chi connectivity index (χ3n) is 5.29. The number of amides is 1. The minimum Gasteiger partial charge on any atom is -0.368 e. The van der Waals surface area contributed by atoms with E-state index in [1.807, 2.05) is 10.3 Å². The number of alkyl halides is 3. The van der Waals surface area contributed by atoms with Crippen molar-refractivity contribution >= 4 is 17.2 Å². The smallest absolute Gasteiger partial charge is 0.368 e. The molecule has 2 aliphatic rings. The Kier molecular flexibility index (Phi) is 5.89. The molecule has 1 atom stereocenters. The molecule has 2 aromatic rings. The van der Waals surface area contributed by atoms with Gasteiger partial charge in [0.25, 0.3) is 5.91 Å². The standard InChI is InChI=1S/C20H22F3N3O2S/c21-20(22,23)15-5-3-14(4-6-15)18-24-16(13-29-18)12-25-7-9-26(10-8-25)19(27)17-2-1-11-28-17/h3-6,13,17H,1-2,7-12H2. The van der Waals surface area contributed by atoms with Crippen LogP contribution in [0.25, 0.3) is 10.6 Å². The highest BCUT2D eigenvalue weighted by molar-refractivity contribution is 7.13. The number of nitrogens with zero attached hydrogens (tertiary/aromatic N) is 3. The lowest BCUT2D eigenvalue weighted by atomic mass is 10.1. The van der Waals surface area contributed by atoms with Crippen molar-refractivity contribution in [2.24, 2.45) is 0 Å². The molecule has 0 aliphatic carbocycles. The molecule has 2 saturated heterocycles. The van der Waals surface area contributed by atoms with E-state index in [4.69, 9.17) is 4.74 Å². The number of thiazole rings is 1. The highest BCUT2D eigenvalue weighted by atomic mass is 32.1. The van der Waals surface area contributed by atoms with Crippen LogP contribution in [-0.2, 0) is 22.3 Å². The molecule has 1 aromatic carbocycles. The molecular formula is C20H22F3N3O2S. The van der Waals surface area contributed by atoms with Crippen LogP contribution in [0.15, 0.2) is 29.6 Å². The van der Waals surface area contributed by atoms with E-state index in [1.165, 1.54) is 23.5 Å². The van der Waals surface area contributed by atoms with Crippen LogP contribution in [-0.4, -0.2) is 59.6 Å². The Morgan fingerprint density at radius 2 is 1.90 bits per heavy atom. The number of ether oxygens (including phenoxy) is 1. The van der Waals surface area contributed by atoms with Crippen molar-refractivity contribution in [3.8, 4) is 10.6 Å². The predicted octanol–water partition coefficient (Wildman–Crippen LogP) is 3.65. The van der Waals surface area contributed by atoms with Gasteiger partial charge in [0.15, 0.2) is 0 Å². The Hall–Kier alpha value is -1.97. The molecule has 29 heavy (non-hydrogen) atoms. The van der Waals surface area contributed by atoms with Crippen LogP contribution in [0.5, 0.6) is 0 Å². The molecule has 0 bridgehead atoms. The number of aromatic nitrogens is 1. The summed E-state index contributed by atoms with van der Waals surface area (Å²) in [6, 6.07) is 5.09. The van der Waals surface area contributed by atoms with E-state index in [-0.39, 0.29) is 12.0 Å². The van der Waals surface area contributed by atoms with E-state index in [1.54, 1.807) is 0 Å². The quantitative estimate of drug-likeness (QED) is 0.750. The molecule has 0 N–H and O–H groups in total. The number of carbonyl (C=O) groups excluding carboxylic acids is 1. The first-order valence-corrected chi connectivity index (χ1v) is 10.5. The van der Waals surface area contributed by atoms with E-state index in [0.717, 1.165) is 43.8 Å². The van der Waals surface area contributed by atoms with Gasteiger partial charge >= 0.3 is 6.18 Å². The maximum atomic E-state index is 12.7. The van der Waals surface area contributed by atoms with E-state index < -0.39 is 11.7 Å². The second-order valence-corrected chi connectivity index (χ2v) is 8.18. The number of carbonyl (C=O) groups is 1. The lowest BCUT2D eigenvalue weighted by molar-refractivity contribution is -0.142. The van der Waals surface area contributed by atoms with Gasteiger partial charge in [0.2, 0.25) is 0 Å². The van der Waals surface area contributed by atoms with Crippen LogP contribution < -0.4 is 0 Å². The van der Waals surface area contributed by atoms with Gasteiger partial charge in [-0.2, -0.15) is 13.2 Å². The Labute approximate surface area is 171 Å². The summed E-state index contributed by atoms with van der Waals surface area (Å²) in [4.78, 5) is 21.1. The Morgan fingerprint density at radius 1 is 1.17 bits per heavy atom. The van der Waals surface area contributed by atoms with Crippen LogP contribution in [0.1, 0.15) is 24.1 Å². The number of hydrogen-bond donors (Lipinski definition) is 0. The molecule has 3 heterocycles. The Bertz CT molecular complexity index is 839. The first kappa shape index (κ1) is 20.3. The summed E-state index contributed by atoms with van der Waals surface area (Å²) in [6.07, 6.45) is -2.85. The van der Waals surface area contributed by atoms with E-state index >= 15 is 0 Å². The molecule has 156 valence electrons. The molecule has 9 heteroatoms. The molecule has 5 nitrogen and oxygen atoms in total.